The summed E-state index contributed by atoms with van der Waals surface area (Å²) in [6, 6.07) is 15.4. The van der Waals surface area contributed by atoms with Gasteiger partial charge in [-0.05, 0) is 68.9 Å². The van der Waals surface area contributed by atoms with Gasteiger partial charge in [-0.25, -0.2) is 4.98 Å². The first-order valence-corrected chi connectivity index (χ1v) is 12.0. The molecule has 172 valence electrons. The van der Waals surface area contributed by atoms with Crippen molar-refractivity contribution in [2.45, 2.75) is 46.5 Å². The molecule has 0 radical (unpaired) electrons. The fourth-order valence-electron chi connectivity index (χ4n) is 4.73. The number of carbonyl (C=O) groups is 1. The Morgan fingerprint density at radius 2 is 1.85 bits per heavy atom. The fourth-order valence-corrected chi connectivity index (χ4v) is 5.03. The van der Waals surface area contributed by atoms with Crippen LogP contribution in [0.1, 0.15) is 53.6 Å². The molecule has 1 saturated heterocycles. The number of aryl methyl sites for hydroxylation is 2. The van der Waals surface area contributed by atoms with E-state index in [0.717, 1.165) is 49.3 Å². The number of hydrogen-bond donors (Lipinski definition) is 0. The van der Waals surface area contributed by atoms with Crippen molar-refractivity contribution in [1.82, 2.24) is 9.55 Å². The maximum Gasteiger partial charge on any atom is 0.258 e. The molecule has 3 aromatic rings. The highest BCUT2D eigenvalue weighted by molar-refractivity contribution is 6.33. The first-order valence-electron chi connectivity index (χ1n) is 11.6. The first kappa shape index (κ1) is 23.2. The molecule has 0 atom stereocenters. The van der Waals surface area contributed by atoms with Crippen LogP contribution < -0.4 is 10.5 Å². The zero-order valence-electron chi connectivity index (χ0n) is 19.5. The largest absolute Gasteiger partial charge is 0.370 e. The molecule has 0 N–H and O–H groups in total. The van der Waals surface area contributed by atoms with Gasteiger partial charge in [-0.15, -0.1) is 0 Å². The number of benzene rings is 2. The van der Waals surface area contributed by atoms with Crippen molar-refractivity contribution in [3.8, 4) is 5.69 Å². The molecule has 0 spiro atoms. The van der Waals surface area contributed by atoms with E-state index < -0.39 is 0 Å². The van der Waals surface area contributed by atoms with Crippen LogP contribution in [0.15, 0.2) is 53.3 Å². The summed E-state index contributed by atoms with van der Waals surface area (Å²) in [5.41, 5.74) is 4.40. The van der Waals surface area contributed by atoms with Crippen molar-refractivity contribution >= 4 is 23.1 Å². The van der Waals surface area contributed by atoms with E-state index in [2.05, 4.69) is 22.0 Å². The summed E-state index contributed by atoms with van der Waals surface area (Å²) in [6.45, 7) is 7.42. The second-order valence-electron chi connectivity index (χ2n) is 8.87. The van der Waals surface area contributed by atoms with Crippen molar-refractivity contribution < 1.29 is 4.79 Å². The molecule has 1 aliphatic rings. The summed E-state index contributed by atoms with van der Waals surface area (Å²) in [7, 11) is 0. The molecule has 0 amide bonds. The van der Waals surface area contributed by atoms with Gasteiger partial charge in [0, 0.05) is 36.8 Å². The number of anilines is 1. The lowest BCUT2D eigenvalue weighted by atomic mass is 9.89. The summed E-state index contributed by atoms with van der Waals surface area (Å²) in [5.74, 6) is 1.43. The minimum Gasteiger partial charge on any atom is -0.370 e. The van der Waals surface area contributed by atoms with E-state index in [4.69, 9.17) is 11.6 Å². The van der Waals surface area contributed by atoms with Crippen LogP contribution in [-0.2, 0) is 6.42 Å². The van der Waals surface area contributed by atoms with E-state index >= 15 is 0 Å². The normalized spacial score (nSPS) is 14.5. The van der Waals surface area contributed by atoms with Gasteiger partial charge in [0.2, 0.25) is 0 Å². The smallest absolute Gasteiger partial charge is 0.258 e. The van der Waals surface area contributed by atoms with Gasteiger partial charge in [0.15, 0.2) is 5.78 Å². The second-order valence-corrected chi connectivity index (χ2v) is 9.27. The first-order chi connectivity index (χ1) is 15.9. The third-order valence-corrected chi connectivity index (χ3v) is 6.76. The van der Waals surface area contributed by atoms with Crippen molar-refractivity contribution in [3.05, 3.63) is 86.6 Å². The standard InChI is InChI=1S/C27H30ClN3O2/c1-4-26(32)22-7-5-6-21(16-22)15-20-10-12-30(13-11-20)25-9-8-23(17-24(25)28)31-19(3)29-18(2)14-27(31)33/h5-9,14,16-17,20H,4,10-13,15H2,1-3H3. The van der Waals surface area contributed by atoms with Gasteiger partial charge in [-0.2, -0.15) is 0 Å². The van der Waals surface area contributed by atoms with E-state index in [-0.39, 0.29) is 11.3 Å². The van der Waals surface area contributed by atoms with E-state index in [1.54, 1.807) is 4.57 Å². The summed E-state index contributed by atoms with van der Waals surface area (Å²) in [5, 5.41) is 0.642. The second kappa shape index (κ2) is 9.92. The molecule has 0 unspecified atom stereocenters. The number of aromatic nitrogens is 2. The van der Waals surface area contributed by atoms with Crippen LogP contribution in [0.4, 0.5) is 5.69 Å². The average molecular weight is 464 g/mol. The van der Waals surface area contributed by atoms with E-state index in [1.165, 1.54) is 11.6 Å². The molecule has 6 heteroatoms. The molecule has 1 aromatic heterocycles. The Bertz CT molecular complexity index is 1230. The number of hydrogen-bond acceptors (Lipinski definition) is 4. The van der Waals surface area contributed by atoms with Crippen molar-refractivity contribution in [3.63, 3.8) is 0 Å². The van der Waals surface area contributed by atoms with Gasteiger partial charge in [-0.1, -0.05) is 36.7 Å². The van der Waals surface area contributed by atoms with Crippen LogP contribution in [0.5, 0.6) is 0 Å². The molecule has 2 heterocycles. The Kier molecular flexibility index (Phi) is 6.99. The quantitative estimate of drug-likeness (QED) is 0.449. The number of rotatable bonds is 6. The van der Waals surface area contributed by atoms with Crippen LogP contribution in [-0.4, -0.2) is 28.4 Å². The van der Waals surface area contributed by atoms with Crippen molar-refractivity contribution in [2.75, 3.05) is 18.0 Å². The van der Waals surface area contributed by atoms with Crippen molar-refractivity contribution in [2.24, 2.45) is 5.92 Å². The average Bonchev–Trinajstić information content (AvgIpc) is 2.79. The van der Waals surface area contributed by atoms with Gasteiger partial charge in [0.25, 0.3) is 5.56 Å². The molecular weight excluding hydrogens is 434 g/mol. The van der Waals surface area contributed by atoms with E-state index in [9.17, 15) is 9.59 Å². The minimum atomic E-state index is -0.102. The Morgan fingerprint density at radius 1 is 1.09 bits per heavy atom. The minimum absolute atomic E-state index is 0.102. The van der Waals surface area contributed by atoms with Crippen LogP contribution in [0.25, 0.3) is 5.69 Å². The maximum absolute atomic E-state index is 12.5. The highest BCUT2D eigenvalue weighted by Crippen LogP contribution is 2.32. The molecule has 0 saturated carbocycles. The van der Waals surface area contributed by atoms with Gasteiger partial charge in [0.05, 0.1) is 16.4 Å². The fraction of sp³-hybridized carbons (Fsp3) is 0.370. The van der Waals surface area contributed by atoms with Crippen LogP contribution in [0, 0.1) is 19.8 Å². The number of carbonyl (C=O) groups excluding carboxylic acids is 1. The summed E-state index contributed by atoms with van der Waals surface area (Å²) in [6.07, 6.45) is 3.68. The van der Waals surface area contributed by atoms with Gasteiger partial charge < -0.3 is 4.90 Å². The lowest BCUT2D eigenvalue weighted by Crippen LogP contribution is -2.34. The Morgan fingerprint density at radius 3 is 2.52 bits per heavy atom. The summed E-state index contributed by atoms with van der Waals surface area (Å²) in [4.78, 5) is 31.2. The molecule has 1 aliphatic heterocycles. The van der Waals surface area contributed by atoms with Gasteiger partial charge in [-0.3, -0.25) is 14.2 Å². The number of piperidine rings is 1. The third kappa shape index (κ3) is 5.19. The predicted molar refractivity (Wildman–Crippen MR) is 134 cm³/mol. The van der Waals surface area contributed by atoms with Gasteiger partial charge >= 0.3 is 0 Å². The van der Waals surface area contributed by atoms with Crippen LogP contribution in [0.3, 0.4) is 0 Å². The number of Topliss-reactive ketones (excluding diaryl/α,β-unsaturated/α-hetero) is 1. The Balaban J connectivity index is 1.43. The highest BCUT2D eigenvalue weighted by Gasteiger charge is 2.22. The summed E-state index contributed by atoms with van der Waals surface area (Å²) < 4.78 is 1.59. The molecule has 1 fully saturated rings. The molecule has 0 bridgehead atoms. The van der Waals surface area contributed by atoms with Crippen LogP contribution in [0.2, 0.25) is 5.02 Å². The number of ketones is 1. The monoisotopic (exact) mass is 463 g/mol. The van der Waals surface area contributed by atoms with E-state index in [0.29, 0.717) is 28.9 Å². The van der Waals surface area contributed by atoms with Crippen molar-refractivity contribution in [1.29, 1.82) is 0 Å². The molecule has 4 rings (SSSR count). The predicted octanol–water partition coefficient (Wildman–Crippen LogP) is 5.55. The highest BCUT2D eigenvalue weighted by atomic mass is 35.5. The topological polar surface area (TPSA) is 55.2 Å². The molecule has 33 heavy (non-hydrogen) atoms. The lowest BCUT2D eigenvalue weighted by molar-refractivity contribution is 0.0988. The summed E-state index contributed by atoms with van der Waals surface area (Å²) >= 11 is 6.67. The van der Waals surface area contributed by atoms with Crippen LogP contribution >= 0.6 is 11.6 Å². The van der Waals surface area contributed by atoms with Gasteiger partial charge in [0.1, 0.15) is 5.82 Å². The van der Waals surface area contributed by atoms with E-state index in [1.807, 2.05) is 51.1 Å². The number of halogens is 1. The lowest BCUT2D eigenvalue weighted by Gasteiger charge is -2.34. The number of nitrogens with zero attached hydrogens (tertiary/aromatic N) is 3. The Hall–Kier alpha value is -2.92. The maximum atomic E-state index is 12.5. The molecular formula is C27H30ClN3O2. The third-order valence-electron chi connectivity index (χ3n) is 6.45. The molecule has 5 nitrogen and oxygen atoms in total. The Labute approximate surface area is 200 Å². The molecule has 0 aliphatic carbocycles. The zero-order valence-corrected chi connectivity index (χ0v) is 20.2. The molecule has 2 aromatic carbocycles. The SMILES string of the molecule is CCC(=O)c1cccc(CC2CCN(c3ccc(-n4c(C)nc(C)cc4=O)cc3Cl)CC2)c1. The zero-order chi connectivity index (χ0) is 23.5.